The first-order chi connectivity index (χ1) is 17.2. The van der Waals surface area contributed by atoms with Gasteiger partial charge in [-0.3, -0.25) is 4.79 Å². The van der Waals surface area contributed by atoms with Crippen molar-refractivity contribution in [2.45, 2.75) is 51.5 Å². The molecule has 0 amide bonds. The van der Waals surface area contributed by atoms with Crippen molar-refractivity contribution in [2.75, 3.05) is 0 Å². The lowest BCUT2D eigenvalue weighted by Crippen LogP contribution is -2.19. The van der Waals surface area contributed by atoms with Crippen molar-refractivity contribution in [2.24, 2.45) is 5.92 Å². The van der Waals surface area contributed by atoms with Gasteiger partial charge in [0.2, 0.25) is 11.6 Å². The molecule has 1 fully saturated rings. The molecule has 35 heavy (non-hydrogen) atoms. The number of benzene rings is 2. The number of hydrogen-bond donors (Lipinski definition) is 1. The molecular weight excluding hydrogens is 438 g/mol. The molecule has 0 aliphatic heterocycles. The average Bonchev–Trinajstić information content (AvgIpc) is 3.59. The number of aromatic nitrogens is 7. The third kappa shape index (κ3) is 5.11. The van der Waals surface area contributed by atoms with Gasteiger partial charge in [-0.25, -0.2) is 14.8 Å². The zero-order valence-electron chi connectivity index (χ0n) is 19.7. The minimum Gasteiger partial charge on any atom is -0.290 e. The van der Waals surface area contributed by atoms with Crippen molar-refractivity contribution in [1.29, 1.82) is 0 Å². The number of tetrazole rings is 1. The molecule has 2 aromatic carbocycles. The summed E-state index contributed by atoms with van der Waals surface area (Å²) in [5.74, 6) is 1.98. The van der Waals surface area contributed by atoms with Crippen molar-refractivity contribution >= 4 is 5.78 Å². The number of Topliss-reactive ketones (excluding diaryl/α,β-unsaturated/α-hetero) is 1. The number of nitrogens with one attached hydrogen (secondary N) is 1. The van der Waals surface area contributed by atoms with Crippen LogP contribution in [0.15, 0.2) is 61.2 Å². The summed E-state index contributed by atoms with van der Waals surface area (Å²) in [5, 5.41) is 19.0. The molecule has 5 rings (SSSR count). The number of nitrogens with zero attached hydrogens (tertiary/aromatic N) is 6. The molecule has 1 saturated carbocycles. The fraction of sp³-hybridized carbons (Fsp3) is 0.333. The third-order valence-electron chi connectivity index (χ3n) is 6.64. The molecule has 0 bridgehead atoms. The molecular formula is C27H29N7O. The maximum absolute atomic E-state index is 13.0. The Balaban J connectivity index is 1.38. The lowest BCUT2D eigenvalue weighted by Gasteiger charge is -2.18. The molecule has 8 nitrogen and oxygen atoms in total. The van der Waals surface area contributed by atoms with Crippen molar-refractivity contribution < 1.29 is 4.79 Å². The maximum atomic E-state index is 13.0. The van der Waals surface area contributed by atoms with Crippen molar-refractivity contribution in [3.63, 3.8) is 0 Å². The fourth-order valence-electron chi connectivity index (χ4n) is 4.75. The molecule has 1 aliphatic carbocycles. The Hall–Kier alpha value is -3.94. The number of rotatable bonds is 9. The number of hydrogen-bond acceptors (Lipinski definition) is 6. The molecule has 4 aromatic rings. The van der Waals surface area contributed by atoms with Crippen LogP contribution in [0.5, 0.6) is 0 Å². The Labute approximate surface area is 204 Å². The first-order valence-corrected chi connectivity index (χ1v) is 12.2. The van der Waals surface area contributed by atoms with Crippen LogP contribution in [0, 0.1) is 5.92 Å². The Kier molecular flexibility index (Phi) is 6.88. The van der Waals surface area contributed by atoms with Gasteiger partial charge >= 0.3 is 0 Å². The second-order valence-electron chi connectivity index (χ2n) is 9.03. The highest BCUT2D eigenvalue weighted by atomic mass is 16.1. The maximum Gasteiger partial charge on any atom is 0.217 e. The number of aromatic amines is 1. The van der Waals surface area contributed by atoms with E-state index in [1.165, 1.54) is 6.42 Å². The second-order valence-corrected chi connectivity index (χ2v) is 9.03. The molecule has 0 atom stereocenters. The topological polar surface area (TPSA) is 102 Å². The summed E-state index contributed by atoms with van der Waals surface area (Å²) in [5.41, 5.74) is 4.15. The first-order valence-electron chi connectivity index (χ1n) is 12.2. The Morgan fingerprint density at radius 2 is 1.83 bits per heavy atom. The number of aryl methyl sites for hydroxylation is 1. The molecule has 178 valence electrons. The van der Waals surface area contributed by atoms with Crippen molar-refractivity contribution in [1.82, 2.24) is 35.4 Å². The summed E-state index contributed by atoms with van der Waals surface area (Å²) >= 11 is 0. The Bertz CT molecular complexity index is 1290. The van der Waals surface area contributed by atoms with E-state index in [9.17, 15) is 4.79 Å². The van der Waals surface area contributed by atoms with Gasteiger partial charge in [0.05, 0.1) is 6.54 Å². The highest BCUT2D eigenvalue weighted by molar-refractivity contribution is 5.94. The van der Waals surface area contributed by atoms with E-state index >= 15 is 0 Å². The minimum absolute atomic E-state index is 0.0609. The zero-order valence-corrected chi connectivity index (χ0v) is 19.7. The van der Waals surface area contributed by atoms with Gasteiger partial charge in [0, 0.05) is 17.9 Å². The van der Waals surface area contributed by atoms with Crippen molar-refractivity contribution in [3.05, 3.63) is 78.4 Å². The van der Waals surface area contributed by atoms with Crippen LogP contribution in [-0.2, 0) is 13.0 Å². The van der Waals surface area contributed by atoms with Crippen LogP contribution in [0.1, 0.15) is 60.5 Å². The average molecular weight is 468 g/mol. The van der Waals surface area contributed by atoms with Gasteiger partial charge < -0.3 is 0 Å². The molecule has 2 aromatic heterocycles. The molecule has 1 aliphatic rings. The van der Waals surface area contributed by atoms with Gasteiger partial charge in [-0.05, 0) is 46.4 Å². The van der Waals surface area contributed by atoms with Gasteiger partial charge in [-0.2, -0.15) is 0 Å². The number of allylic oxidation sites excluding steroid dienone is 1. The van der Waals surface area contributed by atoms with E-state index < -0.39 is 0 Å². The van der Waals surface area contributed by atoms with Crippen LogP contribution in [0.4, 0.5) is 0 Å². The third-order valence-corrected chi connectivity index (χ3v) is 6.64. The predicted molar refractivity (Wildman–Crippen MR) is 134 cm³/mol. The number of carbonyl (C=O) groups is 1. The van der Waals surface area contributed by atoms with Crippen LogP contribution in [0.3, 0.4) is 0 Å². The quantitative estimate of drug-likeness (QED) is 0.273. The monoisotopic (exact) mass is 467 g/mol. The Morgan fingerprint density at radius 3 is 2.54 bits per heavy atom. The SMILES string of the molecule is C=CCCc1nc(C(=O)C2CCCCC2)nn1Cc1ccc(-c2ccccc2-c2nnn[nH]2)cc1. The van der Waals surface area contributed by atoms with E-state index in [4.69, 9.17) is 0 Å². The van der Waals surface area contributed by atoms with E-state index in [-0.39, 0.29) is 11.7 Å². The molecule has 0 saturated heterocycles. The smallest absolute Gasteiger partial charge is 0.217 e. The summed E-state index contributed by atoms with van der Waals surface area (Å²) in [6, 6.07) is 16.4. The van der Waals surface area contributed by atoms with Crippen LogP contribution in [-0.4, -0.2) is 41.2 Å². The summed E-state index contributed by atoms with van der Waals surface area (Å²) in [4.78, 5) is 17.7. The normalized spacial score (nSPS) is 14.2. The number of ketones is 1. The molecule has 2 heterocycles. The standard InChI is InChI=1S/C27H29N7O/c1-2-3-13-24-28-27(25(35)21-9-5-4-6-10-21)31-34(24)18-19-14-16-20(17-15-19)22-11-7-8-12-23(22)26-29-32-33-30-26/h2,7-8,11-12,14-17,21H,1,3-6,9-10,13,18H2,(H,29,30,32,33). The molecule has 8 heteroatoms. The Morgan fingerprint density at radius 1 is 1.06 bits per heavy atom. The zero-order chi connectivity index (χ0) is 24.0. The van der Waals surface area contributed by atoms with Crippen LogP contribution >= 0.6 is 0 Å². The first kappa shape index (κ1) is 22.8. The molecule has 0 spiro atoms. The van der Waals surface area contributed by atoms with E-state index in [1.807, 2.05) is 29.0 Å². The summed E-state index contributed by atoms with van der Waals surface area (Å²) in [6.07, 6.45) is 8.72. The number of H-pyrrole nitrogens is 1. The summed E-state index contributed by atoms with van der Waals surface area (Å²) in [7, 11) is 0. The fourth-order valence-corrected chi connectivity index (χ4v) is 4.75. The van der Waals surface area contributed by atoms with Gasteiger partial charge in [0.25, 0.3) is 0 Å². The summed E-state index contributed by atoms with van der Waals surface area (Å²) in [6.45, 7) is 4.39. The van der Waals surface area contributed by atoms with Crippen LogP contribution in [0.2, 0.25) is 0 Å². The molecule has 0 radical (unpaired) electrons. The van der Waals surface area contributed by atoms with Gasteiger partial charge in [-0.1, -0.05) is 73.9 Å². The predicted octanol–water partition coefficient (Wildman–Crippen LogP) is 5.06. The van der Waals surface area contributed by atoms with E-state index in [2.05, 4.69) is 67.6 Å². The van der Waals surface area contributed by atoms with Gasteiger partial charge in [-0.15, -0.1) is 16.8 Å². The second kappa shape index (κ2) is 10.5. The van der Waals surface area contributed by atoms with Crippen LogP contribution < -0.4 is 0 Å². The molecule has 1 N–H and O–H groups in total. The minimum atomic E-state index is 0.0609. The highest BCUT2D eigenvalue weighted by Crippen LogP contribution is 2.30. The lowest BCUT2D eigenvalue weighted by molar-refractivity contribution is 0.0878. The van der Waals surface area contributed by atoms with Crippen LogP contribution in [0.25, 0.3) is 22.5 Å². The summed E-state index contributed by atoms with van der Waals surface area (Å²) < 4.78 is 1.88. The largest absolute Gasteiger partial charge is 0.290 e. The lowest BCUT2D eigenvalue weighted by atomic mass is 9.86. The van der Waals surface area contributed by atoms with Gasteiger partial charge in [0.1, 0.15) is 5.82 Å². The van der Waals surface area contributed by atoms with E-state index in [0.717, 1.165) is 60.2 Å². The van der Waals surface area contributed by atoms with Crippen molar-refractivity contribution in [3.8, 4) is 22.5 Å². The number of carbonyl (C=O) groups excluding carboxylic acids is 1. The van der Waals surface area contributed by atoms with Gasteiger partial charge in [0.15, 0.2) is 5.82 Å². The highest BCUT2D eigenvalue weighted by Gasteiger charge is 2.26. The van der Waals surface area contributed by atoms with E-state index in [0.29, 0.717) is 24.6 Å². The molecule has 0 unspecified atom stereocenters. The van der Waals surface area contributed by atoms with E-state index in [1.54, 1.807) is 0 Å².